The van der Waals surface area contributed by atoms with Crippen molar-refractivity contribution in [1.29, 1.82) is 0 Å². The van der Waals surface area contributed by atoms with Gasteiger partial charge in [-0.1, -0.05) is 12.1 Å². The van der Waals surface area contributed by atoms with Gasteiger partial charge in [-0.05, 0) is 48.9 Å². The number of urea groups is 1. The molecule has 1 saturated heterocycles. The minimum atomic E-state index is -0.0202. The predicted octanol–water partition coefficient (Wildman–Crippen LogP) is 3.42. The van der Waals surface area contributed by atoms with Gasteiger partial charge in [0.25, 0.3) is 0 Å². The van der Waals surface area contributed by atoms with Crippen LogP contribution in [0.3, 0.4) is 0 Å². The summed E-state index contributed by atoms with van der Waals surface area (Å²) in [4.78, 5) is 18.7. The third-order valence-electron chi connectivity index (χ3n) is 4.57. The maximum Gasteiger partial charge on any atom is 0.321 e. The number of piperazine rings is 1. The van der Waals surface area contributed by atoms with Crippen molar-refractivity contribution in [2.75, 3.05) is 55.4 Å². The highest BCUT2D eigenvalue weighted by Crippen LogP contribution is 2.21. The van der Waals surface area contributed by atoms with E-state index in [2.05, 4.69) is 39.4 Å². The number of carbonyl (C=O) groups excluding carboxylic acids is 1. The maximum absolute atomic E-state index is 12.4. The van der Waals surface area contributed by atoms with E-state index in [1.54, 1.807) is 0 Å². The summed E-state index contributed by atoms with van der Waals surface area (Å²) in [6.07, 6.45) is 0. The van der Waals surface area contributed by atoms with Gasteiger partial charge >= 0.3 is 6.03 Å². The van der Waals surface area contributed by atoms with Crippen molar-refractivity contribution in [2.24, 2.45) is 0 Å². The van der Waals surface area contributed by atoms with Crippen molar-refractivity contribution < 1.29 is 4.79 Å². The summed E-state index contributed by atoms with van der Waals surface area (Å²) in [5.74, 6) is 0. The summed E-state index contributed by atoms with van der Waals surface area (Å²) in [5.41, 5.74) is 4.40. The van der Waals surface area contributed by atoms with Gasteiger partial charge in [0.2, 0.25) is 0 Å². The van der Waals surface area contributed by atoms with E-state index in [9.17, 15) is 4.79 Å². The van der Waals surface area contributed by atoms with E-state index in [0.717, 1.165) is 37.4 Å². The van der Waals surface area contributed by atoms with Crippen molar-refractivity contribution in [3.63, 3.8) is 0 Å². The molecular formula is C20H26N4O. The van der Waals surface area contributed by atoms with Crippen LogP contribution < -0.4 is 15.1 Å². The van der Waals surface area contributed by atoms with Gasteiger partial charge in [0.05, 0.1) is 0 Å². The minimum Gasteiger partial charge on any atom is -0.378 e. The van der Waals surface area contributed by atoms with Gasteiger partial charge in [0.1, 0.15) is 0 Å². The number of nitrogens with zero attached hydrogens (tertiary/aromatic N) is 3. The van der Waals surface area contributed by atoms with E-state index in [1.165, 1.54) is 11.4 Å². The topological polar surface area (TPSA) is 38.8 Å². The lowest BCUT2D eigenvalue weighted by atomic mass is 10.2. The molecule has 0 saturated carbocycles. The van der Waals surface area contributed by atoms with E-state index in [4.69, 9.17) is 0 Å². The van der Waals surface area contributed by atoms with Crippen LogP contribution in [-0.2, 0) is 0 Å². The molecule has 3 rings (SSSR count). The lowest BCUT2D eigenvalue weighted by Crippen LogP contribution is -2.50. The average Bonchev–Trinajstić information content (AvgIpc) is 2.62. The fourth-order valence-corrected chi connectivity index (χ4v) is 3.05. The number of anilines is 3. The molecule has 1 aliphatic heterocycles. The number of benzene rings is 2. The van der Waals surface area contributed by atoms with Crippen LogP contribution in [0.25, 0.3) is 0 Å². The Labute approximate surface area is 149 Å². The van der Waals surface area contributed by atoms with Crippen molar-refractivity contribution in [1.82, 2.24) is 4.90 Å². The Morgan fingerprint density at radius 1 is 1.00 bits per heavy atom. The van der Waals surface area contributed by atoms with Crippen LogP contribution in [-0.4, -0.2) is 51.2 Å². The molecule has 5 nitrogen and oxygen atoms in total. The lowest BCUT2D eigenvalue weighted by molar-refractivity contribution is 0.208. The first kappa shape index (κ1) is 17.1. The number of carbonyl (C=O) groups is 1. The molecule has 132 valence electrons. The van der Waals surface area contributed by atoms with Crippen LogP contribution in [0, 0.1) is 6.92 Å². The molecular weight excluding hydrogens is 312 g/mol. The van der Waals surface area contributed by atoms with Crippen LogP contribution in [0.2, 0.25) is 0 Å². The first-order chi connectivity index (χ1) is 12.0. The fraction of sp³-hybridized carbons (Fsp3) is 0.350. The second kappa shape index (κ2) is 7.47. The van der Waals surface area contributed by atoms with Gasteiger partial charge in [-0.15, -0.1) is 0 Å². The summed E-state index contributed by atoms with van der Waals surface area (Å²) in [5, 5.41) is 2.99. The van der Waals surface area contributed by atoms with Crippen LogP contribution in [0.1, 0.15) is 5.56 Å². The van der Waals surface area contributed by atoms with Crippen LogP contribution in [0.15, 0.2) is 48.5 Å². The maximum atomic E-state index is 12.4. The molecule has 0 bridgehead atoms. The first-order valence-corrected chi connectivity index (χ1v) is 8.68. The lowest BCUT2D eigenvalue weighted by Gasteiger charge is -2.36. The van der Waals surface area contributed by atoms with Crippen molar-refractivity contribution in [3.8, 4) is 0 Å². The van der Waals surface area contributed by atoms with Crippen LogP contribution in [0.4, 0.5) is 21.9 Å². The molecule has 2 aromatic rings. The molecule has 0 atom stereocenters. The number of hydrogen-bond acceptors (Lipinski definition) is 3. The highest BCUT2D eigenvalue weighted by atomic mass is 16.2. The van der Waals surface area contributed by atoms with Crippen molar-refractivity contribution in [2.45, 2.75) is 6.92 Å². The summed E-state index contributed by atoms with van der Waals surface area (Å²) in [6.45, 7) is 5.18. The van der Waals surface area contributed by atoms with Crippen LogP contribution in [0.5, 0.6) is 0 Å². The third kappa shape index (κ3) is 4.24. The normalized spacial score (nSPS) is 14.4. The standard InChI is InChI=1S/C20H26N4O/c1-16-5-4-6-17(15-16)21-20(25)24-13-11-23(12-14-24)19-9-7-18(8-10-19)22(2)3/h4-10,15H,11-14H2,1-3H3,(H,21,25). The third-order valence-corrected chi connectivity index (χ3v) is 4.57. The van der Waals surface area contributed by atoms with Gasteiger partial charge in [-0.3, -0.25) is 0 Å². The van der Waals surface area contributed by atoms with Crippen molar-refractivity contribution in [3.05, 3.63) is 54.1 Å². The highest BCUT2D eigenvalue weighted by Gasteiger charge is 2.21. The number of aryl methyl sites for hydroxylation is 1. The molecule has 2 aromatic carbocycles. The monoisotopic (exact) mass is 338 g/mol. The Hall–Kier alpha value is -2.69. The Kier molecular flexibility index (Phi) is 5.12. The Bertz CT molecular complexity index is 719. The summed E-state index contributed by atoms with van der Waals surface area (Å²) >= 11 is 0. The average molecular weight is 338 g/mol. The van der Waals surface area contributed by atoms with E-state index in [0.29, 0.717) is 0 Å². The molecule has 0 aromatic heterocycles. The summed E-state index contributed by atoms with van der Waals surface area (Å²) in [6, 6.07) is 16.4. The molecule has 1 N–H and O–H groups in total. The number of amides is 2. The largest absolute Gasteiger partial charge is 0.378 e. The summed E-state index contributed by atoms with van der Waals surface area (Å²) < 4.78 is 0. The molecule has 0 unspecified atom stereocenters. The quantitative estimate of drug-likeness (QED) is 0.932. The Morgan fingerprint density at radius 3 is 2.28 bits per heavy atom. The molecule has 0 spiro atoms. The number of nitrogens with one attached hydrogen (secondary N) is 1. The molecule has 5 heteroatoms. The molecule has 1 fully saturated rings. The zero-order valence-electron chi connectivity index (χ0n) is 15.2. The zero-order chi connectivity index (χ0) is 17.8. The number of hydrogen-bond donors (Lipinski definition) is 1. The second-order valence-corrected chi connectivity index (χ2v) is 6.68. The molecule has 2 amide bonds. The molecule has 0 aliphatic carbocycles. The van der Waals surface area contributed by atoms with Crippen molar-refractivity contribution >= 4 is 23.1 Å². The van der Waals surface area contributed by atoms with Gasteiger partial charge in [-0.25, -0.2) is 4.79 Å². The van der Waals surface area contributed by atoms with E-state index in [-0.39, 0.29) is 6.03 Å². The Morgan fingerprint density at radius 2 is 1.68 bits per heavy atom. The smallest absolute Gasteiger partial charge is 0.321 e. The van der Waals surface area contributed by atoms with Crippen LogP contribution >= 0.6 is 0 Å². The second-order valence-electron chi connectivity index (χ2n) is 6.68. The fourth-order valence-electron chi connectivity index (χ4n) is 3.05. The predicted molar refractivity (Wildman–Crippen MR) is 105 cm³/mol. The summed E-state index contributed by atoms with van der Waals surface area (Å²) in [7, 11) is 4.08. The molecule has 1 heterocycles. The van der Waals surface area contributed by atoms with E-state index >= 15 is 0 Å². The van der Waals surface area contributed by atoms with Gasteiger partial charge in [0.15, 0.2) is 0 Å². The SMILES string of the molecule is Cc1cccc(NC(=O)N2CCN(c3ccc(N(C)C)cc3)CC2)c1. The van der Waals surface area contributed by atoms with Gasteiger partial charge in [0, 0.05) is 57.3 Å². The highest BCUT2D eigenvalue weighted by molar-refractivity contribution is 5.89. The minimum absolute atomic E-state index is 0.0202. The molecule has 0 radical (unpaired) electrons. The van der Waals surface area contributed by atoms with Gasteiger partial charge < -0.3 is 20.0 Å². The zero-order valence-corrected chi connectivity index (χ0v) is 15.2. The Balaban J connectivity index is 1.55. The number of rotatable bonds is 3. The molecule has 25 heavy (non-hydrogen) atoms. The first-order valence-electron chi connectivity index (χ1n) is 8.68. The van der Waals surface area contributed by atoms with Gasteiger partial charge in [-0.2, -0.15) is 0 Å². The molecule has 1 aliphatic rings. The van der Waals surface area contributed by atoms with E-state index in [1.807, 2.05) is 50.2 Å². The van der Waals surface area contributed by atoms with E-state index < -0.39 is 0 Å².